The fraction of sp³-hybridized carbons (Fsp3) is 0.533. The first-order chi connectivity index (χ1) is 11.1. The van der Waals surface area contributed by atoms with Crippen molar-refractivity contribution < 1.29 is 0 Å². The van der Waals surface area contributed by atoms with Crippen LogP contribution in [-0.4, -0.2) is 50.8 Å². The fourth-order valence-corrected chi connectivity index (χ4v) is 2.93. The van der Waals surface area contributed by atoms with Gasteiger partial charge in [-0.15, -0.1) is 0 Å². The van der Waals surface area contributed by atoms with Crippen LogP contribution in [0.4, 0.5) is 17.5 Å². The summed E-state index contributed by atoms with van der Waals surface area (Å²) in [6, 6.07) is 0. The minimum Gasteiger partial charge on any atom is -0.368 e. The van der Waals surface area contributed by atoms with Crippen LogP contribution in [0, 0.1) is 5.92 Å². The minimum absolute atomic E-state index is 0.506. The fourth-order valence-electron chi connectivity index (χ4n) is 2.77. The van der Waals surface area contributed by atoms with Crippen LogP contribution in [0.15, 0.2) is 18.6 Å². The van der Waals surface area contributed by atoms with E-state index in [2.05, 4.69) is 37.5 Å². The molecule has 2 aromatic heterocycles. The minimum atomic E-state index is 0.506. The highest BCUT2D eigenvalue weighted by molar-refractivity contribution is 6.32. The molecule has 0 amide bonds. The zero-order chi connectivity index (χ0) is 16.2. The highest BCUT2D eigenvalue weighted by Crippen LogP contribution is 2.23. The third-order valence-electron chi connectivity index (χ3n) is 4.08. The maximum absolute atomic E-state index is 6.20. The number of nitrogens with zero attached hydrogens (tertiary/aromatic N) is 5. The van der Waals surface area contributed by atoms with Gasteiger partial charge in [0.1, 0.15) is 5.02 Å². The largest absolute Gasteiger partial charge is 0.368 e. The zero-order valence-electron chi connectivity index (χ0n) is 13.5. The van der Waals surface area contributed by atoms with Crippen LogP contribution >= 0.6 is 11.6 Å². The zero-order valence-corrected chi connectivity index (χ0v) is 14.2. The maximum atomic E-state index is 6.20. The summed E-state index contributed by atoms with van der Waals surface area (Å²) in [4.78, 5) is 11.1. The summed E-state index contributed by atoms with van der Waals surface area (Å²) in [7, 11) is 1.86. The predicted octanol–water partition coefficient (Wildman–Crippen LogP) is 2.36. The Balaban J connectivity index is 1.61. The van der Waals surface area contributed by atoms with Gasteiger partial charge in [0, 0.05) is 26.3 Å². The second-order valence-electron chi connectivity index (χ2n) is 5.85. The molecule has 0 spiro atoms. The van der Waals surface area contributed by atoms with E-state index < -0.39 is 0 Å². The van der Waals surface area contributed by atoms with Crippen molar-refractivity contribution >= 4 is 29.1 Å². The van der Waals surface area contributed by atoms with Crippen molar-refractivity contribution in [3.05, 3.63) is 23.6 Å². The van der Waals surface area contributed by atoms with Crippen molar-refractivity contribution in [3.8, 4) is 0 Å². The van der Waals surface area contributed by atoms with Gasteiger partial charge in [0.25, 0.3) is 0 Å². The molecule has 124 valence electrons. The molecule has 0 unspecified atom stereocenters. The van der Waals surface area contributed by atoms with Gasteiger partial charge in [-0.3, -0.25) is 4.68 Å². The summed E-state index contributed by atoms with van der Waals surface area (Å²) < 4.78 is 1.72. The molecule has 0 aromatic carbocycles. The van der Waals surface area contributed by atoms with Crippen LogP contribution in [0.2, 0.25) is 5.02 Å². The highest BCUT2D eigenvalue weighted by Gasteiger charge is 2.21. The number of hydrogen-bond acceptors (Lipinski definition) is 6. The molecule has 0 radical (unpaired) electrons. The first kappa shape index (κ1) is 16.0. The van der Waals surface area contributed by atoms with Crippen LogP contribution in [-0.2, 0) is 7.05 Å². The number of likely N-dealkylation sites (tertiary alicyclic amines) is 1. The Morgan fingerprint density at radius 2 is 2.26 bits per heavy atom. The molecular weight excluding hydrogens is 314 g/mol. The van der Waals surface area contributed by atoms with Gasteiger partial charge in [-0.1, -0.05) is 18.5 Å². The number of aryl methyl sites for hydroxylation is 1. The molecule has 7 nitrogen and oxygen atoms in total. The van der Waals surface area contributed by atoms with E-state index >= 15 is 0 Å². The van der Waals surface area contributed by atoms with Crippen molar-refractivity contribution in [2.75, 3.05) is 36.8 Å². The first-order valence-corrected chi connectivity index (χ1v) is 8.26. The molecule has 8 heteroatoms. The standard InChI is InChI=1S/C15H22ClN7/c1-3-23-5-4-11(9-23)6-17-14-13(16)8-18-15(21-14)20-12-7-19-22(2)10-12/h7-8,10-11H,3-6,9H2,1-2H3,(H2,17,18,20,21)/t11-/m1/s1. The molecule has 1 saturated heterocycles. The molecular formula is C15H22ClN7. The predicted molar refractivity (Wildman–Crippen MR) is 92.2 cm³/mol. The molecule has 0 aliphatic carbocycles. The smallest absolute Gasteiger partial charge is 0.229 e. The summed E-state index contributed by atoms with van der Waals surface area (Å²) in [6.07, 6.45) is 6.42. The van der Waals surface area contributed by atoms with Crippen molar-refractivity contribution in [1.29, 1.82) is 0 Å². The van der Waals surface area contributed by atoms with E-state index in [0.717, 1.165) is 25.3 Å². The van der Waals surface area contributed by atoms with E-state index in [-0.39, 0.29) is 0 Å². The summed E-state index contributed by atoms with van der Waals surface area (Å²) in [5.41, 5.74) is 0.843. The topological polar surface area (TPSA) is 70.9 Å². The molecule has 2 N–H and O–H groups in total. The SMILES string of the molecule is CCN1CC[C@H](CNc2nc(Nc3cnn(C)c3)ncc2Cl)C1. The lowest BCUT2D eigenvalue weighted by atomic mass is 10.1. The Morgan fingerprint density at radius 1 is 1.39 bits per heavy atom. The lowest BCUT2D eigenvalue weighted by Crippen LogP contribution is -2.22. The van der Waals surface area contributed by atoms with Gasteiger partial charge in [-0.25, -0.2) is 4.98 Å². The normalized spacial score (nSPS) is 18.3. The van der Waals surface area contributed by atoms with Gasteiger partial charge in [-0.05, 0) is 25.4 Å². The third-order valence-corrected chi connectivity index (χ3v) is 4.36. The Hall–Kier alpha value is -1.86. The molecule has 1 fully saturated rings. The molecule has 2 aromatic rings. The Kier molecular flexibility index (Phi) is 4.97. The van der Waals surface area contributed by atoms with Gasteiger partial charge in [-0.2, -0.15) is 10.1 Å². The van der Waals surface area contributed by atoms with Crippen molar-refractivity contribution in [3.63, 3.8) is 0 Å². The second-order valence-corrected chi connectivity index (χ2v) is 6.25. The quantitative estimate of drug-likeness (QED) is 0.844. The maximum Gasteiger partial charge on any atom is 0.229 e. The first-order valence-electron chi connectivity index (χ1n) is 7.88. The number of halogens is 1. The van der Waals surface area contributed by atoms with Gasteiger partial charge in [0.05, 0.1) is 18.1 Å². The van der Waals surface area contributed by atoms with Crippen LogP contribution < -0.4 is 10.6 Å². The van der Waals surface area contributed by atoms with E-state index in [1.54, 1.807) is 17.1 Å². The van der Waals surface area contributed by atoms with E-state index in [0.29, 0.717) is 22.7 Å². The van der Waals surface area contributed by atoms with Crippen molar-refractivity contribution in [1.82, 2.24) is 24.6 Å². The molecule has 1 aliphatic heterocycles. The summed E-state index contributed by atoms with van der Waals surface area (Å²) in [5.74, 6) is 1.81. The molecule has 1 atom stereocenters. The van der Waals surface area contributed by atoms with E-state index in [1.807, 2.05) is 13.2 Å². The van der Waals surface area contributed by atoms with Crippen molar-refractivity contribution in [2.24, 2.45) is 13.0 Å². The number of rotatable bonds is 6. The van der Waals surface area contributed by atoms with Crippen LogP contribution in [0.5, 0.6) is 0 Å². The van der Waals surface area contributed by atoms with Crippen LogP contribution in [0.3, 0.4) is 0 Å². The molecule has 0 saturated carbocycles. The van der Waals surface area contributed by atoms with E-state index in [9.17, 15) is 0 Å². The number of nitrogens with one attached hydrogen (secondary N) is 2. The summed E-state index contributed by atoms with van der Waals surface area (Å²) >= 11 is 6.20. The Labute approximate surface area is 141 Å². The third kappa shape index (κ3) is 4.11. The highest BCUT2D eigenvalue weighted by atomic mass is 35.5. The monoisotopic (exact) mass is 335 g/mol. The second kappa shape index (κ2) is 7.14. The lowest BCUT2D eigenvalue weighted by molar-refractivity contribution is 0.345. The number of hydrogen-bond donors (Lipinski definition) is 2. The van der Waals surface area contributed by atoms with Gasteiger partial charge in [0.15, 0.2) is 5.82 Å². The molecule has 23 heavy (non-hydrogen) atoms. The van der Waals surface area contributed by atoms with Gasteiger partial charge >= 0.3 is 0 Å². The Bertz CT molecular complexity index is 657. The molecule has 3 heterocycles. The van der Waals surface area contributed by atoms with Crippen LogP contribution in [0.25, 0.3) is 0 Å². The molecule has 3 rings (SSSR count). The number of aromatic nitrogens is 4. The average molecular weight is 336 g/mol. The average Bonchev–Trinajstić information content (AvgIpc) is 3.16. The van der Waals surface area contributed by atoms with E-state index in [1.165, 1.54) is 13.0 Å². The van der Waals surface area contributed by atoms with Gasteiger partial charge < -0.3 is 15.5 Å². The number of anilines is 3. The lowest BCUT2D eigenvalue weighted by Gasteiger charge is -2.15. The summed E-state index contributed by atoms with van der Waals surface area (Å²) in [6.45, 7) is 6.50. The van der Waals surface area contributed by atoms with Crippen LogP contribution in [0.1, 0.15) is 13.3 Å². The molecule has 1 aliphatic rings. The van der Waals surface area contributed by atoms with Gasteiger partial charge in [0.2, 0.25) is 5.95 Å². The molecule has 0 bridgehead atoms. The van der Waals surface area contributed by atoms with E-state index in [4.69, 9.17) is 11.6 Å². The van der Waals surface area contributed by atoms with Crippen molar-refractivity contribution in [2.45, 2.75) is 13.3 Å². The summed E-state index contributed by atoms with van der Waals surface area (Å²) in [5, 5.41) is 11.1. The Morgan fingerprint density at radius 3 is 2.96 bits per heavy atom.